The second-order valence-electron chi connectivity index (χ2n) is 3.66. The molecular weight excluding hydrogens is 275 g/mol. The van der Waals surface area contributed by atoms with Gasteiger partial charge in [0.1, 0.15) is 11.5 Å². The van der Waals surface area contributed by atoms with Crippen molar-refractivity contribution in [3.05, 3.63) is 45.7 Å². The molecule has 0 spiro atoms. The quantitative estimate of drug-likeness (QED) is 0.345. The molecule has 0 fully saturated rings. The Bertz CT molecular complexity index is 469. The monoisotopic (exact) mass is 288 g/mol. The number of benzene rings is 1. The van der Waals surface area contributed by atoms with E-state index in [2.05, 4.69) is 11.9 Å². The highest BCUT2D eigenvalue weighted by Crippen LogP contribution is 2.30. The Morgan fingerprint density at radius 1 is 1.53 bits per heavy atom. The van der Waals surface area contributed by atoms with Crippen LogP contribution in [-0.2, 0) is 4.74 Å². The molecule has 0 heterocycles. The second kappa shape index (κ2) is 7.70. The van der Waals surface area contributed by atoms with Crippen molar-refractivity contribution in [2.45, 2.75) is 6.42 Å². The van der Waals surface area contributed by atoms with Gasteiger partial charge in [0.15, 0.2) is 0 Å². The van der Waals surface area contributed by atoms with Gasteiger partial charge in [-0.05, 0) is 6.42 Å². The van der Waals surface area contributed by atoms with Crippen LogP contribution in [0.2, 0.25) is 5.02 Å². The molecule has 1 N–H and O–H groups in total. The largest absolute Gasteiger partial charge is 0.379 e. The second-order valence-corrected chi connectivity index (χ2v) is 4.06. The van der Waals surface area contributed by atoms with Crippen LogP contribution in [0.25, 0.3) is 0 Å². The van der Waals surface area contributed by atoms with Crippen molar-refractivity contribution in [1.82, 2.24) is 0 Å². The molecule has 0 saturated carbocycles. The summed E-state index contributed by atoms with van der Waals surface area (Å²) in [6.07, 6.45) is 2.46. The van der Waals surface area contributed by atoms with Gasteiger partial charge in [-0.3, -0.25) is 10.1 Å². The van der Waals surface area contributed by atoms with Crippen molar-refractivity contribution in [1.29, 1.82) is 0 Å². The predicted molar refractivity (Wildman–Crippen MR) is 72.2 cm³/mol. The van der Waals surface area contributed by atoms with Crippen LogP contribution in [0.5, 0.6) is 0 Å². The molecule has 0 aromatic heterocycles. The Morgan fingerprint density at radius 2 is 2.26 bits per heavy atom. The van der Waals surface area contributed by atoms with Crippen molar-refractivity contribution < 1.29 is 14.1 Å². The normalized spacial score (nSPS) is 10.2. The van der Waals surface area contributed by atoms with Crippen molar-refractivity contribution in [2.75, 3.05) is 25.1 Å². The number of hydrogen-bond acceptors (Lipinski definition) is 4. The lowest BCUT2D eigenvalue weighted by molar-refractivity contribution is -0.384. The maximum atomic E-state index is 13.3. The molecule has 0 amide bonds. The molecule has 7 heteroatoms. The Hall–Kier alpha value is -1.66. The lowest BCUT2D eigenvalue weighted by Gasteiger charge is -2.08. The lowest BCUT2D eigenvalue weighted by atomic mass is 10.2. The summed E-state index contributed by atoms with van der Waals surface area (Å²) in [5.74, 6) is -0.706. The van der Waals surface area contributed by atoms with Crippen LogP contribution >= 0.6 is 11.6 Å². The average Bonchev–Trinajstić information content (AvgIpc) is 2.37. The number of nitrogens with one attached hydrogen (secondary N) is 1. The van der Waals surface area contributed by atoms with Gasteiger partial charge < -0.3 is 10.1 Å². The SMILES string of the molecule is C=CCCOCCNc1cc(F)c(Cl)cc1[N+](=O)[O-]. The first-order valence-corrected chi connectivity index (χ1v) is 6.00. The summed E-state index contributed by atoms with van der Waals surface area (Å²) in [5.41, 5.74) is -0.184. The van der Waals surface area contributed by atoms with Gasteiger partial charge in [0.05, 0.1) is 23.2 Å². The maximum Gasteiger partial charge on any atom is 0.294 e. The summed E-state index contributed by atoms with van der Waals surface area (Å²) in [4.78, 5) is 10.2. The zero-order valence-electron chi connectivity index (χ0n) is 10.2. The van der Waals surface area contributed by atoms with E-state index < -0.39 is 10.7 Å². The van der Waals surface area contributed by atoms with E-state index in [4.69, 9.17) is 16.3 Å². The van der Waals surface area contributed by atoms with Gasteiger partial charge in [-0.25, -0.2) is 4.39 Å². The predicted octanol–water partition coefficient (Wildman–Crippen LogP) is 3.39. The molecule has 0 radical (unpaired) electrons. The summed E-state index contributed by atoms with van der Waals surface area (Å²) in [7, 11) is 0. The molecule has 1 rings (SSSR count). The van der Waals surface area contributed by atoms with Crippen LogP contribution in [0, 0.1) is 15.9 Å². The molecule has 1 aromatic rings. The molecule has 0 bridgehead atoms. The topological polar surface area (TPSA) is 64.4 Å². The van der Waals surface area contributed by atoms with Crippen molar-refractivity contribution in [3.63, 3.8) is 0 Å². The minimum absolute atomic E-state index is 0.0826. The van der Waals surface area contributed by atoms with Crippen LogP contribution in [0.3, 0.4) is 0 Å². The van der Waals surface area contributed by atoms with Crippen molar-refractivity contribution in [3.8, 4) is 0 Å². The zero-order valence-corrected chi connectivity index (χ0v) is 11.0. The molecule has 19 heavy (non-hydrogen) atoms. The molecule has 0 aliphatic rings. The third kappa shape index (κ3) is 4.84. The van der Waals surface area contributed by atoms with Crippen LogP contribution in [0.15, 0.2) is 24.8 Å². The number of halogens is 2. The number of rotatable bonds is 8. The van der Waals surface area contributed by atoms with E-state index in [0.717, 1.165) is 18.6 Å². The van der Waals surface area contributed by atoms with Gasteiger partial charge in [-0.2, -0.15) is 0 Å². The van der Waals surface area contributed by atoms with Crippen LogP contribution in [-0.4, -0.2) is 24.7 Å². The number of hydrogen-bond donors (Lipinski definition) is 1. The fraction of sp³-hybridized carbons (Fsp3) is 0.333. The molecule has 5 nitrogen and oxygen atoms in total. The molecule has 104 valence electrons. The van der Waals surface area contributed by atoms with E-state index in [0.29, 0.717) is 19.8 Å². The van der Waals surface area contributed by atoms with E-state index in [1.54, 1.807) is 6.08 Å². The van der Waals surface area contributed by atoms with Crippen LogP contribution in [0.1, 0.15) is 6.42 Å². The number of nitrogens with zero attached hydrogens (tertiary/aromatic N) is 1. The van der Waals surface area contributed by atoms with E-state index in [-0.39, 0.29) is 16.4 Å². The van der Waals surface area contributed by atoms with Gasteiger partial charge in [-0.1, -0.05) is 17.7 Å². The van der Waals surface area contributed by atoms with Gasteiger partial charge >= 0.3 is 0 Å². The van der Waals surface area contributed by atoms with Gasteiger partial charge in [0.2, 0.25) is 0 Å². The van der Waals surface area contributed by atoms with E-state index in [1.807, 2.05) is 0 Å². The van der Waals surface area contributed by atoms with E-state index in [1.165, 1.54) is 0 Å². The van der Waals surface area contributed by atoms with Crippen molar-refractivity contribution in [2.24, 2.45) is 0 Å². The summed E-state index contributed by atoms with van der Waals surface area (Å²) in [5, 5.41) is 13.3. The third-order valence-electron chi connectivity index (χ3n) is 2.26. The van der Waals surface area contributed by atoms with Gasteiger partial charge in [-0.15, -0.1) is 6.58 Å². The van der Waals surface area contributed by atoms with Crippen molar-refractivity contribution >= 4 is 23.0 Å². The Morgan fingerprint density at radius 3 is 2.89 bits per heavy atom. The molecule has 0 aliphatic heterocycles. The lowest BCUT2D eigenvalue weighted by Crippen LogP contribution is -2.11. The summed E-state index contributed by atoms with van der Waals surface area (Å²) in [6, 6.07) is 1.99. The number of anilines is 1. The molecule has 1 aromatic carbocycles. The number of ether oxygens (including phenoxy) is 1. The standard InChI is InChI=1S/C12H14ClFN2O3/c1-2-3-5-19-6-4-15-11-8-10(14)9(13)7-12(11)16(17)18/h2,7-8,15H,1,3-6H2. The van der Waals surface area contributed by atoms with E-state index >= 15 is 0 Å². The van der Waals surface area contributed by atoms with Crippen LogP contribution in [0.4, 0.5) is 15.8 Å². The van der Waals surface area contributed by atoms with Gasteiger partial charge in [0.25, 0.3) is 5.69 Å². The molecular formula is C12H14ClFN2O3. The summed E-state index contributed by atoms with van der Waals surface area (Å²) < 4.78 is 18.5. The maximum absolute atomic E-state index is 13.3. The minimum atomic E-state index is -0.706. The first kappa shape index (κ1) is 15.4. The minimum Gasteiger partial charge on any atom is -0.379 e. The summed E-state index contributed by atoms with van der Waals surface area (Å²) in [6.45, 7) is 4.77. The number of nitro benzene ring substituents is 1. The fourth-order valence-electron chi connectivity index (χ4n) is 1.36. The highest BCUT2D eigenvalue weighted by molar-refractivity contribution is 6.31. The summed E-state index contributed by atoms with van der Waals surface area (Å²) >= 11 is 5.51. The Balaban J connectivity index is 2.59. The first-order valence-electron chi connectivity index (χ1n) is 5.62. The first-order chi connectivity index (χ1) is 9.06. The van der Waals surface area contributed by atoms with Crippen LogP contribution < -0.4 is 5.32 Å². The smallest absolute Gasteiger partial charge is 0.294 e. The van der Waals surface area contributed by atoms with Gasteiger partial charge in [0, 0.05) is 18.7 Å². The molecule has 0 atom stereocenters. The zero-order chi connectivity index (χ0) is 14.3. The highest BCUT2D eigenvalue weighted by atomic mass is 35.5. The highest BCUT2D eigenvalue weighted by Gasteiger charge is 2.17. The Labute approximate surface area is 115 Å². The Kier molecular flexibility index (Phi) is 6.24. The number of nitro groups is 1. The molecule has 0 aliphatic carbocycles. The van der Waals surface area contributed by atoms with E-state index in [9.17, 15) is 14.5 Å². The fourth-order valence-corrected chi connectivity index (χ4v) is 1.51. The molecule has 0 unspecified atom stereocenters. The third-order valence-corrected chi connectivity index (χ3v) is 2.55. The average molecular weight is 289 g/mol. The molecule has 0 saturated heterocycles.